The fraction of sp³-hybridized carbons (Fsp3) is 0.500. The van der Waals surface area contributed by atoms with Crippen LogP contribution in [-0.4, -0.2) is 49.3 Å². The van der Waals surface area contributed by atoms with Gasteiger partial charge in [0, 0.05) is 49.2 Å². The van der Waals surface area contributed by atoms with Crippen molar-refractivity contribution in [3.63, 3.8) is 0 Å². The van der Waals surface area contributed by atoms with Gasteiger partial charge in [0.1, 0.15) is 17.2 Å². The minimum Gasteiger partial charge on any atom is -0.487 e. The van der Waals surface area contributed by atoms with E-state index < -0.39 is 20.9 Å². The molecule has 1 saturated heterocycles. The number of hydrogen-bond acceptors (Lipinski definition) is 5. The van der Waals surface area contributed by atoms with Crippen molar-refractivity contribution in [2.75, 3.05) is 17.8 Å². The Morgan fingerprint density at radius 1 is 1.11 bits per heavy atom. The summed E-state index contributed by atoms with van der Waals surface area (Å²) in [6.45, 7) is 8.17. The van der Waals surface area contributed by atoms with Crippen LogP contribution in [0.25, 0.3) is 0 Å². The molecule has 0 unspecified atom stereocenters. The summed E-state index contributed by atoms with van der Waals surface area (Å²) >= 11 is 0. The van der Waals surface area contributed by atoms with Gasteiger partial charge >= 0.3 is 0 Å². The Morgan fingerprint density at radius 3 is 2.37 bits per heavy atom. The van der Waals surface area contributed by atoms with E-state index in [1.165, 1.54) is 12.1 Å². The standard InChI is InChI=1S/C26H33FN2O5S/c1-17(2)33-24-16-26(34-23-10-7-20(27)15-22(23)24)11-13-29(14-12-26)25(30)19-5-8-21(9-6-19)28-35(31,32)18(3)4/h5-10,15,17-18,24,28H,11-14,16H2,1-4H3/t24-/m1/s1. The molecule has 1 amide bonds. The molecule has 1 N–H and O–H groups in total. The van der Waals surface area contributed by atoms with E-state index in [2.05, 4.69) is 4.72 Å². The number of carbonyl (C=O) groups excluding carboxylic acids is 1. The van der Waals surface area contributed by atoms with Crippen molar-refractivity contribution >= 4 is 21.6 Å². The van der Waals surface area contributed by atoms with E-state index in [4.69, 9.17) is 9.47 Å². The summed E-state index contributed by atoms with van der Waals surface area (Å²) in [7, 11) is -3.45. The molecule has 0 radical (unpaired) electrons. The average Bonchev–Trinajstić information content (AvgIpc) is 2.79. The molecular weight excluding hydrogens is 471 g/mol. The number of sulfonamides is 1. The molecule has 35 heavy (non-hydrogen) atoms. The Hall–Kier alpha value is -2.65. The number of anilines is 1. The average molecular weight is 505 g/mol. The Morgan fingerprint density at radius 2 is 1.77 bits per heavy atom. The van der Waals surface area contributed by atoms with Crippen molar-refractivity contribution in [2.45, 2.75) is 70.0 Å². The van der Waals surface area contributed by atoms with E-state index in [1.54, 1.807) is 49.1 Å². The van der Waals surface area contributed by atoms with Gasteiger partial charge in [-0.05, 0) is 70.2 Å². The lowest BCUT2D eigenvalue weighted by Gasteiger charge is -2.47. The molecule has 9 heteroatoms. The highest BCUT2D eigenvalue weighted by molar-refractivity contribution is 7.93. The maximum atomic E-state index is 13.9. The number of carbonyl (C=O) groups is 1. The molecule has 1 atom stereocenters. The maximum Gasteiger partial charge on any atom is 0.253 e. The van der Waals surface area contributed by atoms with Crippen molar-refractivity contribution in [3.05, 3.63) is 59.4 Å². The van der Waals surface area contributed by atoms with Gasteiger partial charge in [0.25, 0.3) is 5.91 Å². The summed E-state index contributed by atoms with van der Waals surface area (Å²) in [5.74, 6) is 0.220. The zero-order valence-corrected chi connectivity index (χ0v) is 21.4. The van der Waals surface area contributed by atoms with Crippen LogP contribution in [0.15, 0.2) is 42.5 Å². The number of benzene rings is 2. The van der Waals surface area contributed by atoms with Gasteiger partial charge in [0.2, 0.25) is 10.0 Å². The SMILES string of the molecule is CC(C)O[C@@H]1CC2(CCN(C(=O)c3ccc(NS(=O)(=O)C(C)C)cc3)CC2)Oc2ccc(F)cc21. The predicted molar refractivity (Wildman–Crippen MR) is 133 cm³/mol. The van der Waals surface area contributed by atoms with Crippen LogP contribution in [0.1, 0.15) is 69.0 Å². The van der Waals surface area contributed by atoms with Crippen LogP contribution >= 0.6 is 0 Å². The number of nitrogens with one attached hydrogen (secondary N) is 1. The molecule has 2 aromatic rings. The molecule has 0 aliphatic carbocycles. The van der Waals surface area contributed by atoms with E-state index in [0.29, 0.717) is 49.4 Å². The zero-order chi connectivity index (χ0) is 25.4. The van der Waals surface area contributed by atoms with Gasteiger partial charge in [0.05, 0.1) is 17.5 Å². The number of ether oxygens (including phenoxy) is 2. The Bertz CT molecular complexity index is 1170. The number of likely N-dealkylation sites (tertiary alicyclic amines) is 1. The van der Waals surface area contributed by atoms with E-state index in [0.717, 1.165) is 5.56 Å². The van der Waals surface area contributed by atoms with Gasteiger partial charge in [0.15, 0.2) is 0 Å². The van der Waals surface area contributed by atoms with E-state index >= 15 is 0 Å². The number of rotatable bonds is 6. The number of nitrogens with zero attached hydrogens (tertiary/aromatic N) is 1. The Labute approximate surface area is 206 Å². The minimum absolute atomic E-state index is 0.0130. The fourth-order valence-electron chi connectivity index (χ4n) is 4.61. The fourth-order valence-corrected chi connectivity index (χ4v) is 5.31. The van der Waals surface area contributed by atoms with Crippen LogP contribution in [0.4, 0.5) is 10.1 Å². The number of halogens is 1. The number of fused-ring (bicyclic) bond motifs is 1. The van der Waals surface area contributed by atoms with Crippen LogP contribution in [0.3, 0.4) is 0 Å². The third-order valence-electron chi connectivity index (χ3n) is 6.61. The third kappa shape index (κ3) is 5.62. The molecule has 190 valence electrons. The second kappa shape index (κ2) is 9.78. The molecule has 1 spiro atoms. The first-order valence-electron chi connectivity index (χ1n) is 12.0. The third-order valence-corrected chi connectivity index (χ3v) is 8.37. The van der Waals surface area contributed by atoms with Crippen LogP contribution in [0, 0.1) is 5.82 Å². The Kier molecular flexibility index (Phi) is 7.11. The van der Waals surface area contributed by atoms with Gasteiger partial charge in [-0.3, -0.25) is 9.52 Å². The molecule has 2 aliphatic rings. The van der Waals surface area contributed by atoms with Gasteiger partial charge < -0.3 is 14.4 Å². The molecule has 0 bridgehead atoms. The van der Waals surface area contributed by atoms with Crippen LogP contribution in [-0.2, 0) is 14.8 Å². The van der Waals surface area contributed by atoms with Gasteiger partial charge in [-0.1, -0.05) is 0 Å². The van der Waals surface area contributed by atoms with Gasteiger partial charge in [-0.25, -0.2) is 12.8 Å². The van der Waals surface area contributed by atoms with E-state index in [1.807, 2.05) is 13.8 Å². The van der Waals surface area contributed by atoms with Crippen molar-refractivity contribution in [1.82, 2.24) is 4.90 Å². The lowest BCUT2D eigenvalue weighted by molar-refractivity contribution is -0.0873. The topological polar surface area (TPSA) is 84.9 Å². The van der Waals surface area contributed by atoms with Crippen molar-refractivity contribution in [1.29, 1.82) is 0 Å². The summed E-state index contributed by atoms with van der Waals surface area (Å²) in [6.07, 6.45) is 1.60. The molecular formula is C26H33FN2O5S. The number of hydrogen-bond donors (Lipinski definition) is 1. The second-order valence-electron chi connectivity index (χ2n) is 9.91. The smallest absolute Gasteiger partial charge is 0.253 e. The molecule has 2 aromatic carbocycles. The van der Waals surface area contributed by atoms with E-state index in [-0.39, 0.29) is 23.9 Å². The molecule has 2 heterocycles. The number of amides is 1. The summed E-state index contributed by atoms with van der Waals surface area (Å²) in [5, 5.41) is -0.553. The monoisotopic (exact) mass is 504 g/mol. The van der Waals surface area contributed by atoms with E-state index in [9.17, 15) is 17.6 Å². The molecule has 4 rings (SSSR count). The van der Waals surface area contributed by atoms with Crippen molar-refractivity contribution in [2.24, 2.45) is 0 Å². The first-order valence-corrected chi connectivity index (χ1v) is 13.6. The van der Waals surface area contributed by atoms with Gasteiger partial charge in [-0.2, -0.15) is 0 Å². The molecule has 1 fully saturated rings. The van der Waals surface area contributed by atoms with Crippen molar-refractivity contribution in [3.8, 4) is 5.75 Å². The van der Waals surface area contributed by atoms with Gasteiger partial charge in [-0.15, -0.1) is 0 Å². The lowest BCUT2D eigenvalue weighted by Crippen LogP contribution is -2.52. The summed E-state index contributed by atoms with van der Waals surface area (Å²) in [5.41, 5.74) is 1.19. The summed E-state index contributed by atoms with van der Waals surface area (Å²) in [6, 6.07) is 11.0. The summed E-state index contributed by atoms with van der Waals surface area (Å²) < 4.78 is 53.1. The first-order chi connectivity index (χ1) is 16.5. The highest BCUT2D eigenvalue weighted by Crippen LogP contribution is 2.46. The van der Waals surface area contributed by atoms with Crippen LogP contribution in [0.2, 0.25) is 0 Å². The molecule has 0 aromatic heterocycles. The highest BCUT2D eigenvalue weighted by atomic mass is 32.2. The summed E-state index contributed by atoms with van der Waals surface area (Å²) in [4.78, 5) is 14.9. The molecule has 2 aliphatic heterocycles. The largest absolute Gasteiger partial charge is 0.487 e. The van der Waals surface area contributed by atoms with Crippen molar-refractivity contribution < 1.29 is 27.1 Å². The predicted octanol–water partition coefficient (Wildman–Crippen LogP) is 4.90. The van der Waals surface area contributed by atoms with Crippen LogP contribution < -0.4 is 9.46 Å². The minimum atomic E-state index is -3.45. The Balaban J connectivity index is 1.43. The molecule has 7 nitrogen and oxygen atoms in total. The van der Waals surface area contributed by atoms with Crippen LogP contribution in [0.5, 0.6) is 5.75 Å². The maximum absolute atomic E-state index is 13.9. The zero-order valence-electron chi connectivity index (χ0n) is 20.6. The highest BCUT2D eigenvalue weighted by Gasteiger charge is 2.44. The number of piperidine rings is 1. The lowest BCUT2D eigenvalue weighted by atomic mass is 9.81. The second-order valence-corrected chi connectivity index (χ2v) is 12.1. The quantitative estimate of drug-likeness (QED) is 0.605. The molecule has 0 saturated carbocycles. The first kappa shape index (κ1) is 25.4. The normalized spacial score (nSPS) is 19.5.